The highest BCUT2D eigenvalue weighted by Gasteiger charge is 2.45. The molecule has 6 heteroatoms. The van der Waals surface area contributed by atoms with Gasteiger partial charge in [0.2, 0.25) is 0 Å². The molecule has 0 aromatic heterocycles. The highest BCUT2D eigenvalue weighted by molar-refractivity contribution is 9.10. The van der Waals surface area contributed by atoms with Gasteiger partial charge >= 0.3 is 0 Å². The van der Waals surface area contributed by atoms with Crippen LogP contribution in [0.4, 0.5) is 0 Å². The van der Waals surface area contributed by atoms with Gasteiger partial charge in [-0.05, 0) is 50.1 Å². The molecule has 1 N–H and O–H groups in total. The fourth-order valence-electron chi connectivity index (χ4n) is 3.49. The van der Waals surface area contributed by atoms with Crippen LogP contribution < -0.4 is 4.74 Å². The van der Waals surface area contributed by atoms with Gasteiger partial charge in [-0.15, -0.1) is 0 Å². The molecule has 0 aliphatic carbocycles. The normalized spacial score (nSPS) is 18.5. The molecule has 1 fully saturated rings. The first-order valence-corrected chi connectivity index (χ1v) is 10.4. The van der Waals surface area contributed by atoms with E-state index in [-0.39, 0.29) is 17.4 Å². The number of halogens is 1. The number of hydrogen-bond donors (Lipinski definition) is 1. The predicted octanol–water partition coefficient (Wildman–Crippen LogP) is 5.07. The molecule has 0 bridgehead atoms. The maximum absolute atomic E-state index is 12.9. The second kappa shape index (κ2) is 8.82. The third-order valence-corrected chi connectivity index (χ3v) is 5.20. The summed E-state index contributed by atoms with van der Waals surface area (Å²) >= 11 is 3.36. The Kier molecular flexibility index (Phi) is 6.42. The number of hydrogen-bond acceptors (Lipinski definition) is 4. The van der Waals surface area contributed by atoms with Crippen LogP contribution in [-0.2, 0) is 9.59 Å². The maximum Gasteiger partial charge on any atom is 0.295 e. The molecule has 0 spiro atoms. The van der Waals surface area contributed by atoms with Gasteiger partial charge in [0, 0.05) is 16.6 Å². The number of likely N-dealkylation sites (tertiary alicyclic amines) is 1. The van der Waals surface area contributed by atoms with E-state index in [9.17, 15) is 14.7 Å². The molecule has 1 saturated heterocycles. The minimum atomic E-state index is -0.668. The minimum absolute atomic E-state index is 0.00461. The molecule has 3 rings (SSSR count). The van der Waals surface area contributed by atoms with Gasteiger partial charge in [0.25, 0.3) is 11.7 Å². The second-order valence-electron chi connectivity index (χ2n) is 7.24. The Bertz CT molecular complexity index is 950. The lowest BCUT2D eigenvalue weighted by Crippen LogP contribution is -2.30. The van der Waals surface area contributed by atoms with Crippen molar-refractivity contribution in [2.45, 2.75) is 39.3 Å². The monoisotopic (exact) mass is 457 g/mol. The van der Waals surface area contributed by atoms with E-state index in [0.717, 1.165) is 10.0 Å². The van der Waals surface area contributed by atoms with Gasteiger partial charge in [0.1, 0.15) is 11.5 Å². The highest BCUT2D eigenvalue weighted by atomic mass is 79.9. The van der Waals surface area contributed by atoms with Crippen LogP contribution in [0.25, 0.3) is 5.76 Å². The maximum atomic E-state index is 12.9. The Morgan fingerprint density at radius 1 is 1.17 bits per heavy atom. The lowest BCUT2D eigenvalue weighted by atomic mass is 9.95. The molecule has 0 saturated carbocycles. The molecule has 0 radical (unpaired) electrons. The van der Waals surface area contributed by atoms with Gasteiger partial charge in [-0.1, -0.05) is 47.1 Å². The lowest BCUT2D eigenvalue weighted by Gasteiger charge is -2.25. The number of carbonyl (C=O) groups is 2. The first kappa shape index (κ1) is 21.1. The van der Waals surface area contributed by atoms with Gasteiger partial charge in [0.15, 0.2) is 0 Å². The molecule has 152 valence electrons. The van der Waals surface area contributed by atoms with Crippen LogP contribution in [0.2, 0.25) is 0 Å². The molecule has 1 atom stereocenters. The molecular formula is C23H24BrNO4. The van der Waals surface area contributed by atoms with Crippen molar-refractivity contribution in [3.8, 4) is 5.75 Å². The standard InChI is InChI=1S/C23H24BrNO4/c1-4-12-25-20(16-6-5-7-18(13-16)29-14(2)3)19(22(27)23(25)28)21(26)15-8-10-17(24)11-9-15/h5-11,13-14,20,26H,4,12H2,1-3H3/b21-19-. The second-order valence-corrected chi connectivity index (χ2v) is 8.15. The van der Waals surface area contributed by atoms with E-state index in [0.29, 0.717) is 24.3 Å². The molecule has 2 aromatic rings. The topological polar surface area (TPSA) is 66.8 Å². The van der Waals surface area contributed by atoms with Crippen molar-refractivity contribution >= 4 is 33.4 Å². The Labute approximate surface area is 179 Å². The average molecular weight is 458 g/mol. The SMILES string of the molecule is CCCN1C(=O)C(=O)/C(=C(\O)c2ccc(Br)cc2)C1c1cccc(OC(C)C)c1. The van der Waals surface area contributed by atoms with Gasteiger partial charge in [0.05, 0.1) is 17.7 Å². The number of amides is 1. The molecule has 1 aliphatic heterocycles. The van der Waals surface area contributed by atoms with Crippen molar-refractivity contribution in [3.63, 3.8) is 0 Å². The predicted molar refractivity (Wildman–Crippen MR) is 116 cm³/mol. The van der Waals surface area contributed by atoms with E-state index >= 15 is 0 Å². The first-order valence-electron chi connectivity index (χ1n) is 9.64. The summed E-state index contributed by atoms with van der Waals surface area (Å²) in [5.41, 5.74) is 1.32. The Morgan fingerprint density at radius 2 is 1.86 bits per heavy atom. The number of Topliss-reactive ketones (excluding diaryl/α,β-unsaturated/α-hetero) is 1. The zero-order valence-corrected chi connectivity index (χ0v) is 18.3. The van der Waals surface area contributed by atoms with E-state index in [1.165, 1.54) is 4.90 Å². The quantitative estimate of drug-likeness (QED) is 0.373. The summed E-state index contributed by atoms with van der Waals surface area (Å²) in [6.45, 7) is 6.23. The van der Waals surface area contributed by atoms with E-state index < -0.39 is 17.7 Å². The summed E-state index contributed by atoms with van der Waals surface area (Å²) in [7, 11) is 0. The van der Waals surface area contributed by atoms with Crippen molar-refractivity contribution in [2.75, 3.05) is 6.54 Å². The van der Waals surface area contributed by atoms with Gasteiger partial charge in [-0.3, -0.25) is 9.59 Å². The van der Waals surface area contributed by atoms with Crippen LogP contribution in [0.1, 0.15) is 44.4 Å². The number of aliphatic hydroxyl groups excluding tert-OH is 1. The third-order valence-electron chi connectivity index (χ3n) is 4.67. The number of ketones is 1. The Hall–Kier alpha value is -2.60. The van der Waals surface area contributed by atoms with Crippen molar-refractivity contribution < 1.29 is 19.4 Å². The van der Waals surface area contributed by atoms with E-state index in [1.807, 2.05) is 45.0 Å². The van der Waals surface area contributed by atoms with Crippen LogP contribution in [0.15, 0.2) is 58.6 Å². The number of aliphatic hydroxyl groups is 1. The number of benzene rings is 2. The molecule has 1 aliphatic rings. The molecular weight excluding hydrogens is 434 g/mol. The molecule has 1 heterocycles. The van der Waals surface area contributed by atoms with E-state index in [1.54, 1.807) is 24.3 Å². The third kappa shape index (κ3) is 4.37. The van der Waals surface area contributed by atoms with Crippen molar-refractivity contribution in [1.82, 2.24) is 4.90 Å². The van der Waals surface area contributed by atoms with Crippen LogP contribution in [0.5, 0.6) is 5.75 Å². The Morgan fingerprint density at radius 3 is 2.48 bits per heavy atom. The Balaban J connectivity index is 2.15. The molecule has 2 aromatic carbocycles. The molecule has 29 heavy (non-hydrogen) atoms. The largest absolute Gasteiger partial charge is 0.507 e. The minimum Gasteiger partial charge on any atom is -0.507 e. The van der Waals surface area contributed by atoms with E-state index in [4.69, 9.17) is 4.74 Å². The summed E-state index contributed by atoms with van der Waals surface area (Å²) in [5.74, 6) is -0.775. The summed E-state index contributed by atoms with van der Waals surface area (Å²) in [5, 5.41) is 11.0. The van der Waals surface area contributed by atoms with E-state index in [2.05, 4.69) is 15.9 Å². The van der Waals surface area contributed by atoms with Crippen molar-refractivity contribution in [3.05, 3.63) is 69.7 Å². The molecule has 5 nitrogen and oxygen atoms in total. The van der Waals surface area contributed by atoms with Gasteiger partial charge in [-0.2, -0.15) is 0 Å². The van der Waals surface area contributed by atoms with Crippen LogP contribution in [0.3, 0.4) is 0 Å². The van der Waals surface area contributed by atoms with Gasteiger partial charge < -0.3 is 14.7 Å². The fourth-order valence-corrected chi connectivity index (χ4v) is 3.76. The summed E-state index contributed by atoms with van der Waals surface area (Å²) < 4.78 is 6.64. The number of nitrogens with zero attached hydrogens (tertiary/aromatic N) is 1. The lowest BCUT2D eigenvalue weighted by molar-refractivity contribution is -0.139. The highest BCUT2D eigenvalue weighted by Crippen LogP contribution is 2.40. The van der Waals surface area contributed by atoms with Crippen LogP contribution in [0, 0.1) is 0 Å². The summed E-state index contributed by atoms with van der Waals surface area (Å²) in [6.07, 6.45) is 0.694. The number of rotatable bonds is 6. The molecule has 1 amide bonds. The summed E-state index contributed by atoms with van der Waals surface area (Å²) in [4.78, 5) is 27.1. The first-order chi connectivity index (χ1) is 13.8. The molecule has 1 unspecified atom stereocenters. The van der Waals surface area contributed by atoms with Crippen LogP contribution in [-0.4, -0.2) is 34.3 Å². The van der Waals surface area contributed by atoms with Crippen molar-refractivity contribution in [2.24, 2.45) is 0 Å². The van der Waals surface area contributed by atoms with Gasteiger partial charge in [-0.25, -0.2) is 0 Å². The fraction of sp³-hybridized carbons (Fsp3) is 0.304. The average Bonchev–Trinajstić information content (AvgIpc) is 2.93. The number of ether oxygens (including phenoxy) is 1. The number of carbonyl (C=O) groups excluding carboxylic acids is 2. The zero-order chi connectivity index (χ0) is 21.1. The van der Waals surface area contributed by atoms with Crippen molar-refractivity contribution in [1.29, 1.82) is 0 Å². The smallest absolute Gasteiger partial charge is 0.295 e. The van der Waals surface area contributed by atoms with Crippen LogP contribution >= 0.6 is 15.9 Å². The summed E-state index contributed by atoms with van der Waals surface area (Å²) in [6, 6.07) is 13.7. The zero-order valence-electron chi connectivity index (χ0n) is 16.7.